The molecule has 6 nitrogen and oxygen atoms in total. The largest absolute Gasteiger partial charge is 0.492 e. The zero-order chi connectivity index (χ0) is 21.1. The van der Waals surface area contributed by atoms with Gasteiger partial charge in [0.2, 0.25) is 10.0 Å². The molecule has 0 atom stereocenters. The van der Waals surface area contributed by atoms with Crippen LogP contribution in [0.5, 0.6) is 5.75 Å². The number of thiophene rings is 1. The molecule has 1 N–H and O–H groups in total. The number of nitrogens with zero attached hydrogens (tertiary/aromatic N) is 1. The Morgan fingerprint density at radius 2 is 1.87 bits per heavy atom. The van der Waals surface area contributed by atoms with Crippen LogP contribution in [0.2, 0.25) is 0 Å². The maximum Gasteiger partial charge on any atom is 0.265 e. The summed E-state index contributed by atoms with van der Waals surface area (Å²) in [5, 5.41) is 3.85. The fourth-order valence-corrected chi connectivity index (χ4v) is 6.08. The van der Waals surface area contributed by atoms with Gasteiger partial charge in [-0.1, -0.05) is 24.6 Å². The summed E-state index contributed by atoms with van der Waals surface area (Å²) in [5.74, 6) is 0.161. The minimum Gasteiger partial charge on any atom is -0.492 e. The molecule has 0 spiro atoms. The van der Waals surface area contributed by atoms with Gasteiger partial charge in [-0.15, -0.1) is 11.3 Å². The van der Waals surface area contributed by atoms with E-state index in [0.717, 1.165) is 29.3 Å². The van der Waals surface area contributed by atoms with E-state index in [2.05, 4.69) is 5.32 Å². The molecule has 158 valence electrons. The summed E-state index contributed by atoms with van der Waals surface area (Å²) in [6.45, 7) is 3.30. The fourth-order valence-electron chi connectivity index (χ4n) is 3.58. The van der Waals surface area contributed by atoms with Crippen LogP contribution in [0.4, 0.5) is 5.69 Å². The maximum atomic E-state index is 13.1. The number of ether oxygens (including phenoxy) is 1. The monoisotopic (exact) mass is 444 g/mol. The van der Waals surface area contributed by atoms with Crippen molar-refractivity contribution in [3.63, 3.8) is 0 Å². The van der Waals surface area contributed by atoms with Gasteiger partial charge in [-0.05, 0) is 55.5 Å². The van der Waals surface area contributed by atoms with E-state index < -0.39 is 10.0 Å². The Labute approximate surface area is 180 Å². The molecule has 3 aromatic rings. The Bertz CT molecular complexity index is 1130. The van der Waals surface area contributed by atoms with Gasteiger partial charge in [-0.25, -0.2) is 8.42 Å². The average Bonchev–Trinajstić information content (AvgIpc) is 3.20. The quantitative estimate of drug-likeness (QED) is 0.597. The molecule has 1 aliphatic rings. The van der Waals surface area contributed by atoms with Gasteiger partial charge >= 0.3 is 0 Å². The van der Waals surface area contributed by atoms with Crippen LogP contribution in [0.3, 0.4) is 0 Å². The Balaban J connectivity index is 1.65. The molecule has 1 fully saturated rings. The van der Waals surface area contributed by atoms with Crippen LogP contribution in [0, 0.1) is 0 Å². The van der Waals surface area contributed by atoms with Gasteiger partial charge in [-0.3, -0.25) is 4.79 Å². The summed E-state index contributed by atoms with van der Waals surface area (Å²) < 4.78 is 34.3. The maximum absolute atomic E-state index is 13.1. The van der Waals surface area contributed by atoms with Gasteiger partial charge in [-0.2, -0.15) is 4.31 Å². The number of amides is 1. The Morgan fingerprint density at radius 3 is 2.60 bits per heavy atom. The number of rotatable bonds is 6. The molecule has 4 rings (SSSR count). The van der Waals surface area contributed by atoms with Crippen LogP contribution in [-0.2, 0) is 10.0 Å². The van der Waals surface area contributed by atoms with Crippen molar-refractivity contribution < 1.29 is 17.9 Å². The summed E-state index contributed by atoms with van der Waals surface area (Å²) >= 11 is 1.40. The molecule has 0 aliphatic carbocycles. The Hall–Kier alpha value is -2.42. The second-order valence-electron chi connectivity index (χ2n) is 7.16. The number of carbonyl (C=O) groups is 1. The second kappa shape index (κ2) is 8.75. The van der Waals surface area contributed by atoms with E-state index in [0.29, 0.717) is 36.0 Å². The van der Waals surface area contributed by atoms with Crippen molar-refractivity contribution in [2.24, 2.45) is 0 Å². The first kappa shape index (κ1) is 20.8. The number of sulfonamides is 1. The van der Waals surface area contributed by atoms with Gasteiger partial charge in [0.1, 0.15) is 5.75 Å². The number of hydrogen-bond donors (Lipinski definition) is 1. The molecular weight excluding hydrogens is 420 g/mol. The highest BCUT2D eigenvalue weighted by molar-refractivity contribution is 7.89. The summed E-state index contributed by atoms with van der Waals surface area (Å²) in [4.78, 5) is 13.6. The lowest BCUT2D eigenvalue weighted by atomic mass is 10.2. The van der Waals surface area contributed by atoms with E-state index in [-0.39, 0.29) is 10.8 Å². The molecule has 2 heterocycles. The molecular formula is C22H24N2O4S2. The minimum atomic E-state index is -3.61. The van der Waals surface area contributed by atoms with Crippen LogP contribution >= 0.6 is 11.3 Å². The molecule has 0 unspecified atom stereocenters. The van der Waals surface area contributed by atoms with Gasteiger partial charge in [0.05, 0.1) is 22.1 Å². The summed E-state index contributed by atoms with van der Waals surface area (Å²) in [6.07, 6.45) is 2.78. The lowest BCUT2D eigenvalue weighted by molar-refractivity contribution is 0.103. The van der Waals surface area contributed by atoms with Crippen molar-refractivity contribution in [2.75, 3.05) is 25.0 Å². The van der Waals surface area contributed by atoms with Gasteiger partial charge in [0, 0.05) is 17.8 Å². The zero-order valence-corrected chi connectivity index (χ0v) is 18.4. The number of nitrogens with one attached hydrogen (secondary N) is 1. The van der Waals surface area contributed by atoms with E-state index >= 15 is 0 Å². The third-order valence-corrected chi connectivity index (χ3v) is 8.11. The van der Waals surface area contributed by atoms with Crippen molar-refractivity contribution in [2.45, 2.75) is 31.1 Å². The van der Waals surface area contributed by atoms with Crippen molar-refractivity contribution in [1.29, 1.82) is 0 Å². The van der Waals surface area contributed by atoms with Crippen LogP contribution in [0.25, 0.3) is 10.1 Å². The summed E-state index contributed by atoms with van der Waals surface area (Å²) in [7, 11) is -3.61. The Kier molecular flexibility index (Phi) is 6.08. The fraction of sp³-hybridized carbons (Fsp3) is 0.318. The number of hydrogen-bond acceptors (Lipinski definition) is 5. The highest BCUT2D eigenvalue weighted by atomic mass is 32.2. The van der Waals surface area contributed by atoms with Gasteiger partial charge < -0.3 is 10.1 Å². The molecule has 0 saturated carbocycles. The van der Waals surface area contributed by atoms with Crippen molar-refractivity contribution >= 4 is 43.0 Å². The highest BCUT2D eigenvalue weighted by Crippen LogP contribution is 2.32. The third-order valence-electron chi connectivity index (χ3n) is 5.10. The molecule has 30 heavy (non-hydrogen) atoms. The lowest BCUT2D eigenvalue weighted by Crippen LogP contribution is -2.35. The third kappa shape index (κ3) is 4.21. The van der Waals surface area contributed by atoms with Crippen LogP contribution in [0.15, 0.2) is 53.4 Å². The van der Waals surface area contributed by atoms with E-state index in [1.165, 1.54) is 21.7 Å². The van der Waals surface area contributed by atoms with Crippen molar-refractivity contribution in [1.82, 2.24) is 4.31 Å². The standard InChI is InChI=1S/C22H24N2O4S2/c1-2-28-19-11-10-17(30(26,27)24-12-6-3-7-13-24)15-18(19)23-22(25)21-14-16-8-4-5-9-20(16)29-21/h4-5,8-11,14-15H,2-3,6-7,12-13H2,1H3,(H,23,25). The second-order valence-corrected chi connectivity index (χ2v) is 10.2. The van der Waals surface area contributed by atoms with Crippen LogP contribution in [-0.4, -0.2) is 38.3 Å². The highest BCUT2D eigenvalue weighted by Gasteiger charge is 2.27. The molecule has 2 aromatic carbocycles. The molecule has 1 aliphatic heterocycles. The molecule has 8 heteroatoms. The summed E-state index contributed by atoms with van der Waals surface area (Å²) in [6, 6.07) is 14.3. The van der Waals surface area contributed by atoms with Crippen molar-refractivity contribution in [3.8, 4) is 5.75 Å². The predicted molar refractivity (Wildman–Crippen MR) is 120 cm³/mol. The van der Waals surface area contributed by atoms with E-state index in [9.17, 15) is 13.2 Å². The lowest BCUT2D eigenvalue weighted by Gasteiger charge is -2.26. The van der Waals surface area contributed by atoms with E-state index in [1.54, 1.807) is 12.1 Å². The number of fused-ring (bicyclic) bond motifs is 1. The molecule has 1 amide bonds. The molecule has 0 bridgehead atoms. The minimum absolute atomic E-state index is 0.166. The molecule has 1 saturated heterocycles. The van der Waals surface area contributed by atoms with E-state index in [4.69, 9.17) is 4.74 Å². The number of carbonyl (C=O) groups excluding carboxylic acids is 1. The van der Waals surface area contributed by atoms with Crippen molar-refractivity contribution in [3.05, 3.63) is 53.4 Å². The summed E-state index contributed by atoms with van der Waals surface area (Å²) in [5.41, 5.74) is 0.359. The number of piperidine rings is 1. The molecule has 1 aromatic heterocycles. The average molecular weight is 445 g/mol. The van der Waals surface area contributed by atoms with Crippen LogP contribution in [0.1, 0.15) is 35.9 Å². The van der Waals surface area contributed by atoms with E-state index in [1.807, 2.05) is 37.3 Å². The first-order chi connectivity index (χ1) is 14.5. The smallest absolute Gasteiger partial charge is 0.265 e. The number of benzene rings is 2. The van der Waals surface area contributed by atoms with Gasteiger partial charge in [0.25, 0.3) is 5.91 Å². The van der Waals surface area contributed by atoms with Gasteiger partial charge in [0.15, 0.2) is 0 Å². The first-order valence-electron chi connectivity index (χ1n) is 10.1. The Morgan fingerprint density at radius 1 is 1.10 bits per heavy atom. The predicted octanol–water partition coefficient (Wildman–Crippen LogP) is 4.73. The SMILES string of the molecule is CCOc1ccc(S(=O)(=O)N2CCCCC2)cc1NC(=O)c1cc2ccccc2s1. The topological polar surface area (TPSA) is 75.7 Å². The zero-order valence-electron chi connectivity index (χ0n) is 16.8. The first-order valence-corrected chi connectivity index (χ1v) is 12.3. The molecule has 0 radical (unpaired) electrons. The normalized spacial score (nSPS) is 15.2. The van der Waals surface area contributed by atoms with Crippen LogP contribution < -0.4 is 10.1 Å². The number of anilines is 1.